The lowest BCUT2D eigenvalue weighted by Gasteiger charge is -2.21. The number of carbonyl (C=O) groups is 3. The van der Waals surface area contributed by atoms with Crippen LogP contribution in [0.1, 0.15) is 32.8 Å². The summed E-state index contributed by atoms with van der Waals surface area (Å²) in [5, 5.41) is 9.07. The quantitative estimate of drug-likeness (QED) is 0.640. The summed E-state index contributed by atoms with van der Waals surface area (Å²) in [6.07, 6.45) is -0.558. The minimum Gasteiger partial charge on any atom is -0.481 e. The number of carboxylic acids is 1. The Kier molecular flexibility index (Phi) is 6.10. The topological polar surface area (TPSA) is 89.9 Å². The fraction of sp³-hybridized carbons (Fsp3) is 0.438. The molecule has 0 aliphatic carbocycles. The molecule has 0 bridgehead atoms. The van der Waals surface area contributed by atoms with Gasteiger partial charge < -0.3 is 14.6 Å². The van der Waals surface area contributed by atoms with Gasteiger partial charge in [-0.05, 0) is 26.3 Å². The van der Waals surface area contributed by atoms with Crippen LogP contribution >= 0.6 is 0 Å². The van der Waals surface area contributed by atoms with E-state index in [4.69, 9.17) is 14.6 Å². The highest BCUT2D eigenvalue weighted by molar-refractivity contribution is 5.97. The highest BCUT2D eigenvalue weighted by Gasteiger charge is 2.33. The van der Waals surface area contributed by atoms with Crippen LogP contribution in [0.3, 0.4) is 0 Å². The maximum Gasteiger partial charge on any atom is 0.321 e. The van der Waals surface area contributed by atoms with Crippen LogP contribution in [0, 0.1) is 5.92 Å². The van der Waals surface area contributed by atoms with Crippen molar-refractivity contribution < 1.29 is 29.0 Å². The fourth-order valence-electron chi connectivity index (χ4n) is 1.61. The number of benzene rings is 1. The van der Waals surface area contributed by atoms with Crippen LogP contribution in [0.25, 0.3) is 0 Å². The Balaban J connectivity index is 2.57. The molecule has 22 heavy (non-hydrogen) atoms. The van der Waals surface area contributed by atoms with Gasteiger partial charge in [0.25, 0.3) is 0 Å². The van der Waals surface area contributed by atoms with E-state index >= 15 is 0 Å². The molecule has 1 aromatic rings. The largest absolute Gasteiger partial charge is 0.481 e. The lowest BCUT2D eigenvalue weighted by molar-refractivity contribution is -0.170. The van der Waals surface area contributed by atoms with Gasteiger partial charge in [-0.2, -0.15) is 0 Å². The zero-order valence-corrected chi connectivity index (χ0v) is 12.9. The fourth-order valence-corrected chi connectivity index (χ4v) is 1.61. The van der Waals surface area contributed by atoms with Crippen molar-refractivity contribution in [3.05, 3.63) is 35.9 Å². The van der Waals surface area contributed by atoms with Gasteiger partial charge in [0.05, 0.1) is 6.42 Å². The van der Waals surface area contributed by atoms with Crippen molar-refractivity contribution >= 4 is 17.9 Å². The van der Waals surface area contributed by atoms with Crippen molar-refractivity contribution in [1.82, 2.24) is 0 Å². The van der Waals surface area contributed by atoms with Crippen LogP contribution in [-0.2, 0) is 30.5 Å². The summed E-state index contributed by atoms with van der Waals surface area (Å²) in [6, 6.07) is 8.97. The molecule has 0 fully saturated rings. The number of carboxylic acid groups (broad SMARTS) is 1. The van der Waals surface area contributed by atoms with Gasteiger partial charge in [-0.1, -0.05) is 30.3 Å². The average Bonchev–Trinajstić information content (AvgIpc) is 2.41. The first kappa shape index (κ1) is 17.7. The standard InChI is InChI=1S/C16H20O6/c1-16(2,3)22-15(20)12(14(18)19)9-13(17)21-10-11-7-5-4-6-8-11/h4-8,12H,9-10H2,1-3H3,(H,18,19). The molecule has 0 aliphatic heterocycles. The molecule has 1 aromatic carbocycles. The van der Waals surface area contributed by atoms with Gasteiger partial charge in [-0.3, -0.25) is 14.4 Å². The van der Waals surface area contributed by atoms with E-state index in [-0.39, 0.29) is 6.61 Å². The Labute approximate surface area is 129 Å². The van der Waals surface area contributed by atoms with E-state index in [0.717, 1.165) is 5.56 Å². The Morgan fingerprint density at radius 3 is 2.23 bits per heavy atom. The van der Waals surface area contributed by atoms with Gasteiger partial charge in [0.15, 0.2) is 5.92 Å². The third kappa shape index (κ3) is 6.39. The summed E-state index contributed by atoms with van der Waals surface area (Å²) in [5.74, 6) is -4.69. The molecule has 6 nitrogen and oxygen atoms in total. The zero-order chi connectivity index (χ0) is 16.8. The van der Waals surface area contributed by atoms with Crippen molar-refractivity contribution in [2.24, 2.45) is 5.92 Å². The zero-order valence-electron chi connectivity index (χ0n) is 12.9. The molecule has 1 rings (SSSR count). The summed E-state index contributed by atoms with van der Waals surface area (Å²) in [4.78, 5) is 34.6. The molecule has 1 unspecified atom stereocenters. The van der Waals surface area contributed by atoms with Crippen LogP contribution in [-0.4, -0.2) is 28.6 Å². The number of carbonyl (C=O) groups excluding carboxylic acids is 2. The molecular weight excluding hydrogens is 288 g/mol. The molecule has 0 heterocycles. The number of ether oxygens (including phenoxy) is 2. The second-order valence-electron chi connectivity index (χ2n) is 5.77. The van der Waals surface area contributed by atoms with E-state index in [1.165, 1.54) is 0 Å². The van der Waals surface area contributed by atoms with Crippen LogP contribution in [0.15, 0.2) is 30.3 Å². The highest BCUT2D eigenvalue weighted by Crippen LogP contribution is 2.15. The van der Waals surface area contributed by atoms with Crippen LogP contribution in [0.4, 0.5) is 0 Å². The third-order valence-corrected chi connectivity index (χ3v) is 2.60. The number of hydrogen-bond donors (Lipinski definition) is 1. The summed E-state index contributed by atoms with van der Waals surface area (Å²) in [6.45, 7) is 4.90. The minimum absolute atomic E-state index is 0.0281. The van der Waals surface area contributed by atoms with Crippen LogP contribution < -0.4 is 0 Å². The van der Waals surface area contributed by atoms with E-state index in [9.17, 15) is 14.4 Å². The first-order valence-electron chi connectivity index (χ1n) is 6.84. The summed E-state index contributed by atoms with van der Waals surface area (Å²) in [7, 11) is 0. The van der Waals surface area contributed by atoms with Gasteiger partial charge >= 0.3 is 17.9 Å². The Bertz CT molecular complexity index is 529. The first-order valence-corrected chi connectivity index (χ1v) is 6.84. The average molecular weight is 308 g/mol. The van der Waals surface area contributed by atoms with Gasteiger partial charge in [0.1, 0.15) is 12.2 Å². The molecule has 0 aromatic heterocycles. The Morgan fingerprint density at radius 2 is 1.73 bits per heavy atom. The molecule has 6 heteroatoms. The predicted molar refractivity (Wildman–Crippen MR) is 77.8 cm³/mol. The van der Waals surface area contributed by atoms with E-state index in [2.05, 4.69) is 0 Å². The molecule has 120 valence electrons. The molecule has 1 N–H and O–H groups in total. The number of aliphatic carboxylic acids is 1. The summed E-state index contributed by atoms with van der Waals surface area (Å²) >= 11 is 0. The molecule has 1 atom stereocenters. The second kappa shape index (κ2) is 7.59. The van der Waals surface area contributed by atoms with Crippen molar-refractivity contribution in [3.63, 3.8) is 0 Å². The predicted octanol–water partition coefficient (Wildman–Crippen LogP) is 2.16. The third-order valence-electron chi connectivity index (χ3n) is 2.60. The molecule has 0 saturated heterocycles. The van der Waals surface area contributed by atoms with E-state index in [0.29, 0.717) is 0 Å². The molecule has 0 saturated carbocycles. The number of hydrogen-bond acceptors (Lipinski definition) is 5. The van der Waals surface area contributed by atoms with Gasteiger partial charge in [-0.25, -0.2) is 0 Å². The first-order chi connectivity index (χ1) is 10.2. The summed E-state index contributed by atoms with van der Waals surface area (Å²) in [5.41, 5.74) is -0.0429. The highest BCUT2D eigenvalue weighted by atomic mass is 16.6. The maximum atomic E-state index is 11.8. The van der Waals surface area contributed by atoms with Crippen LogP contribution in [0.2, 0.25) is 0 Å². The smallest absolute Gasteiger partial charge is 0.321 e. The molecular formula is C16H20O6. The van der Waals surface area contributed by atoms with E-state index < -0.39 is 35.8 Å². The summed E-state index contributed by atoms with van der Waals surface area (Å²) < 4.78 is 9.98. The van der Waals surface area contributed by atoms with E-state index in [1.54, 1.807) is 45.0 Å². The Morgan fingerprint density at radius 1 is 1.14 bits per heavy atom. The number of esters is 2. The lowest BCUT2D eigenvalue weighted by atomic mass is 10.1. The Hall–Kier alpha value is -2.37. The lowest BCUT2D eigenvalue weighted by Crippen LogP contribution is -2.34. The van der Waals surface area contributed by atoms with Crippen molar-refractivity contribution in [1.29, 1.82) is 0 Å². The molecule has 0 spiro atoms. The molecule has 0 aliphatic rings. The monoisotopic (exact) mass is 308 g/mol. The van der Waals surface area contributed by atoms with Gasteiger partial charge in [0, 0.05) is 0 Å². The van der Waals surface area contributed by atoms with E-state index in [1.807, 2.05) is 6.07 Å². The van der Waals surface area contributed by atoms with Crippen molar-refractivity contribution in [3.8, 4) is 0 Å². The normalized spacial score (nSPS) is 12.3. The number of rotatable bonds is 6. The minimum atomic E-state index is -1.57. The molecule has 0 radical (unpaired) electrons. The van der Waals surface area contributed by atoms with Crippen molar-refractivity contribution in [2.75, 3.05) is 0 Å². The second-order valence-corrected chi connectivity index (χ2v) is 5.77. The SMILES string of the molecule is CC(C)(C)OC(=O)C(CC(=O)OCc1ccccc1)C(=O)O. The van der Waals surface area contributed by atoms with Crippen LogP contribution in [0.5, 0.6) is 0 Å². The van der Waals surface area contributed by atoms with Gasteiger partial charge in [-0.15, -0.1) is 0 Å². The van der Waals surface area contributed by atoms with Gasteiger partial charge in [0.2, 0.25) is 0 Å². The maximum absolute atomic E-state index is 11.8. The van der Waals surface area contributed by atoms with Crippen molar-refractivity contribution in [2.45, 2.75) is 39.4 Å². The molecule has 0 amide bonds.